The van der Waals surface area contributed by atoms with Gasteiger partial charge < -0.3 is 14.2 Å². The van der Waals surface area contributed by atoms with Gasteiger partial charge >= 0.3 is 5.97 Å². The van der Waals surface area contributed by atoms with Crippen molar-refractivity contribution in [1.82, 2.24) is 0 Å². The van der Waals surface area contributed by atoms with Gasteiger partial charge in [-0.1, -0.05) is 70.6 Å². The van der Waals surface area contributed by atoms with Crippen molar-refractivity contribution < 1.29 is 23.4 Å². The first-order chi connectivity index (χ1) is 20.0. The Morgan fingerprint density at radius 1 is 0.756 bits per heavy atom. The van der Waals surface area contributed by atoms with Crippen LogP contribution >= 0.6 is 0 Å². The summed E-state index contributed by atoms with van der Waals surface area (Å²) in [6, 6.07) is 18.7. The van der Waals surface area contributed by atoms with Gasteiger partial charge in [-0.05, 0) is 92.9 Å². The van der Waals surface area contributed by atoms with Gasteiger partial charge in [-0.15, -0.1) is 0 Å². The number of rotatable bonds is 16. The smallest absolute Gasteiger partial charge is 0.343 e. The second-order valence-corrected chi connectivity index (χ2v) is 10.4. The van der Waals surface area contributed by atoms with E-state index in [1.54, 1.807) is 60.7 Å². The van der Waals surface area contributed by atoms with Gasteiger partial charge in [0, 0.05) is 11.1 Å². The lowest BCUT2D eigenvalue weighted by atomic mass is 10.1. The molecule has 0 aromatic heterocycles. The fourth-order valence-corrected chi connectivity index (χ4v) is 4.31. The van der Waals surface area contributed by atoms with Crippen LogP contribution in [0.3, 0.4) is 0 Å². The third kappa shape index (κ3) is 11.7. The Morgan fingerprint density at radius 2 is 1.37 bits per heavy atom. The van der Waals surface area contributed by atoms with Crippen LogP contribution in [0, 0.1) is 17.7 Å². The Morgan fingerprint density at radius 3 is 2.05 bits per heavy atom. The predicted molar refractivity (Wildman–Crippen MR) is 163 cm³/mol. The van der Waals surface area contributed by atoms with Crippen molar-refractivity contribution in [2.45, 2.75) is 91.1 Å². The molecule has 218 valence electrons. The first-order valence-corrected chi connectivity index (χ1v) is 15.0. The SMILES string of the molecule is CCCCCCCOc1ccc(C(=O)Oc2ccc(C#Cc3ccc(OC(C)CCCCCC)c(F)c3)cc2)cc1. The summed E-state index contributed by atoms with van der Waals surface area (Å²) in [5.74, 6) is 6.57. The second kappa shape index (κ2) is 17.8. The summed E-state index contributed by atoms with van der Waals surface area (Å²) in [6.45, 7) is 7.03. The zero-order valence-corrected chi connectivity index (χ0v) is 24.7. The number of ether oxygens (including phenoxy) is 3. The molecule has 41 heavy (non-hydrogen) atoms. The van der Waals surface area contributed by atoms with Crippen LogP contribution in [0.15, 0.2) is 66.7 Å². The van der Waals surface area contributed by atoms with Gasteiger partial charge in [0.05, 0.1) is 18.3 Å². The van der Waals surface area contributed by atoms with Crippen LogP contribution in [0.5, 0.6) is 17.2 Å². The van der Waals surface area contributed by atoms with Gasteiger partial charge in [0.25, 0.3) is 0 Å². The Bertz CT molecular complexity index is 1260. The summed E-state index contributed by atoms with van der Waals surface area (Å²) in [6.07, 6.45) is 11.5. The fraction of sp³-hybridized carbons (Fsp3) is 0.417. The predicted octanol–water partition coefficient (Wildman–Crippen LogP) is 9.53. The number of halogens is 1. The van der Waals surface area contributed by atoms with E-state index in [0.29, 0.717) is 23.5 Å². The van der Waals surface area contributed by atoms with Crippen molar-refractivity contribution in [2.75, 3.05) is 6.61 Å². The number of hydrogen-bond acceptors (Lipinski definition) is 4. The van der Waals surface area contributed by atoms with Gasteiger partial charge in [-0.25, -0.2) is 9.18 Å². The number of hydrogen-bond donors (Lipinski definition) is 0. The zero-order valence-electron chi connectivity index (χ0n) is 24.7. The second-order valence-electron chi connectivity index (χ2n) is 10.4. The van der Waals surface area contributed by atoms with Crippen LogP contribution < -0.4 is 14.2 Å². The molecule has 0 bridgehead atoms. The lowest BCUT2D eigenvalue weighted by Gasteiger charge is -2.15. The van der Waals surface area contributed by atoms with Crippen molar-refractivity contribution >= 4 is 5.97 Å². The van der Waals surface area contributed by atoms with E-state index < -0.39 is 11.8 Å². The number of carbonyl (C=O) groups is 1. The number of unbranched alkanes of at least 4 members (excludes halogenated alkanes) is 7. The lowest BCUT2D eigenvalue weighted by molar-refractivity contribution is 0.0734. The molecule has 0 saturated heterocycles. The minimum absolute atomic E-state index is 0.0332. The van der Waals surface area contributed by atoms with Gasteiger partial charge in [0.1, 0.15) is 11.5 Å². The number of carbonyl (C=O) groups excluding carboxylic acids is 1. The summed E-state index contributed by atoms with van der Waals surface area (Å²) < 4.78 is 31.6. The molecule has 3 rings (SSSR count). The third-order valence-electron chi connectivity index (χ3n) is 6.75. The maximum absolute atomic E-state index is 14.6. The highest BCUT2D eigenvalue weighted by molar-refractivity contribution is 5.91. The fourth-order valence-electron chi connectivity index (χ4n) is 4.31. The first-order valence-electron chi connectivity index (χ1n) is 15.0. The van der Waals surface area contributed by atoms with Gasteiger partial charge in [0.2, 0.25) is 0 Å². The standard InChI is InChI=1S/C36H43FO4/c1-4-6-8-10-12-26-39-32-23-19-31(20-24-32)36(38)41-33-21-16-29(17-22-33)14-15-30-18-25-35(34(37)27-30)40-28(3)13-11-9-7-5-2/h16-25,27-28H,4-13,26H2,1-3H3. The molecule has 4 nitrogen and oxygen atoms in total. The molecule has 0 amide bonds. The van der Waals surface area contributed by atoms with Crippen LogP contribution in [-0.4, -0.2) is 18.7 Å². The number of benzene rings is 3. The molecule has 3 aromatic rings. The third-order valence-corrected chi connectivity index (χ3v) is 6.75. The minimum atomic E-state index is -0.442. The molecule has 0 radical (unpaired) electrons. The maximum Gasteiger partial charge on any atom is 0.343 e. The average molecular weight is 559 g/mol. The van der Waals surface area contributed by atoms with Crippen molar-refractivity contribution in [3.8, 4) is 29.1 Å². The summed E-state index contributed by atoms with van der Waals surface area (Å²) >= 11 is 0. The van der Waals surface area contributed by atoms with Crippen LogP contribution in [0.2, 0.25) is 0 Å². The minimum Gasteiger partial charge on any atom is -0.494 e. The van der Waals surface area contributed by atoms with E-state index in [2.05, 4.69) is 25.7 Å². The lowest BCUT2D eigenvalue weighted by Crippen LogP contribution is -2.12. The summed E-state index contributed by atoms with van der Waals surface area (Å²) in [5.41, 5.74) is 1.73. The van der Waals surface area contributed by atoms with Crippen molar-refractivity contribution in [1.29, 1.82) is 0 Å². The monoisotopic (exact) mass is 558 g/mol. The summed E-state index contributed by atoms with van der Waals surface area (Å²) in [7, 11) is 0. The highest BCUT2D eigenvalue weighted by atomic mass is 19.1. The molecule has 0 aliphatic heterocycles. The molecule has 5 heteroatoms. The van der Waals surface area contributed by atoms with E-state index in [4.69, 9.17) is 14.2 Å². The molecule has 0 heterocycles. The van der Waals surface area contributed by atoms with Gasteiger partial charge in [-0.3, -0.25) is 0 Å². The molecule has 1 unspecified atom stereocenters. The molecular weight excluding hydrogens is 515 g/mol. The molecule has 0 saturated carbocycles. The molecule has 0 N–H and O–H groups in total. The maximum atomic E-state index is 14.6. The Balaban J connectivity index is 1.47. The van der Waals surface area contributed by atoms with E-state index in [0.717, 1.165) is 30.6 Å². The molecule has 0 aliphatic rings. The van der Waals surface area contributed by atoms with Crippen LogP contribution in [0.4, 0.5) is 4.39 Å². The molecular formula is C36H43FO4. The van der Waals surface area contributed by atoms with Gasteiger partial charge in [-0.2, -0.15) is 0 Å². The Labute approximate surface area is 245 Å². The van der Waals surface area contributed by atoms with E-state index >= 15 is 0 Å². The average Bonchev–Trinajstić information content (AvgIpc) is 2.98. The Kier molecular flexibility index (Phi) is 13.8. The normalized spacial score (nSPS) is 11.3. The molecule has 0 fully saturated rings. The van der Waals surface area contributed by atoms with Crippen LogP contribution in [-0.2, 0) is 0 Å². The quantitative estimate of drug-likeness (QED) is 0.0760. The highest BCUT2D eigenvalue weighted by Crippen LogP contribution is 2.22. The van der Waals surface area contributed by atoms with E-state index in [1.807, 2.05) is 6.92 Å². The van der Waals surface area contributed by atoms with E-state index in [1.165, 1.54) is 51.0 Å². The van der Waals surface area contributed by atoms with Crippen LogP contribution in [0.1, 0.15) is 106 Å². The zero-order chi connectivity index (χ0) is 29.3. The highest BCUT2D eigenvalue weighted by Gasteiger charge is 2.10. The van der Waals surface area contributed by atoms with Crippen LogP contribution in [0.25, 0.3) is 0 Å². The van der Waals surface area contributed by atoms with Crippen molar-refractivity contribution in [3.05, 3.63) is 89.2 Å². The number of esters is 1. The molecule has 3 aromatic carbocycles. The molecule has 1 atom stereocenters. The first kappa shape index (κ1) is 31.7. The molecule has 0 spiro atoms. The molecule has 0 aliphatic carbocycles. The van der Waals surface area contributed by atoms with E-state index in [9.17, 15) is 9.18 Å². The van der Waals surface area contributed by atoms with E-state index in [-0.39, 0.29) is 11.9 Å². The Hall–Kier alpha value is -3.78. The topological polar surface area (TPSA) is 44.8 Å². The summed E-state index contributed by atoms with van der Waals surface area (Å²) in [5, 5.41) is 0. The van der Waals surface area contributed by atoms with Gasteiger partial charge in [0.15, 0.2) is 11.6 Å². The van der Waals surface area contributed by atoms with Crippen molar-refractivity contribution in [3.63, 3.8) is 0 Å². The summed E-state index contributed by atoms with van der Waals surface area (Å²) in [4.78, 5) is 12.5. The largest absolute Gasteiger partial charge is 0.494 e. The van der Waals surface area contributed by atoms with Crippen molar-refractivity contribution in [2.24, 2.45) is 0 Å².